The second kappa shape index (κ2) is 7.71. The van der Waals surface area contributed by atoms with Gasteiger partial charge in [0, 0.05) is 23.9 Å². The fourth-order valence-electron chi connectivity index (χ4n) is 2.70. The number of ether oxygens (including phenoxy) is 3. The fraction of sp³-hybridized carbons (Fsp3) is 0.375. The Bertz CT molecular complexity index is 957. The van der Waals surface area contributed by atoms with E-state index in [0.717, 1.165) is 10.6 Å². The molecule has 1 aliphatic rings. The molecule has 9 nitrogen and oxygen atoms in total. The summed E-state index contributed by atoms with van der Waals surface area (Å²) in [5, 5.41) is 2.90. The van der Waals surface area contributed by atoms with Crippen LogP contribution in [0, 0.1) is 0 Å². The molecule has 0 saturated carbocycles. The van der Waals surface area contributed by atoms with Crippen LogP contribution in [0.2, 0.25) is 0 Å². The molecule has 0 unspecified atom stereocenters. The molecule has 0 atom stereocenters. The molecule has 1 aromatic carbocycles. The molecule has 1 aliphatic heterocycles. The van der Waals surface area contributed by atoms with Crippen LogP contribution < -0.4 is 14.8 Å². The zero-order chi connectivity index (χ0) is 19.6. The summed E-state index contributed by atoms with van der Waals surface area (Å²) in [6.45, 7) is 0.484. The summed E-state index contributed by atoms with van der Waals surface area (Å²) in [7, 11) is 0.489. The smallest absolute Gasteiger partial charge is 0.413 e. The normalized spacial score (nSPS) is 14.3. The number of benzene rings is 1. The first-order valence-corrected chi connectivity index (χ1v) is 10.2. The molecule has 0 spiro atoms. The maximum atomic E-state index is 13.0. The number of nitrogens with one attached hydrogen (secondary N) is 1. The highest BCUT2D eigenvalue weighted by Crippen LogP contribution is 2.34. The van der Waals surface area contributed by atoms with E-state index < -0.39 is 16.1 Å². The lowest BCUT2D eigenvalue weighted by molar-refractivity contribution is 0.187. The number of nitrogens with zero attached hydrogens (tertiary/aromatic N) is 2. The molecular formula is C16H19N3O6S2. The molecule has 0 fully saturated rings. The molecular weight excluding hydrogens is 394 g/mol. The average Bonchev–Trinajstić information content (AvgIpc) is 3.08. The van der Waals surface area contributed by atoms with Crippen molar-refractivity contribution in [2.24, 2.45) is 0 Å². The van der Waals surface area contributed by atoms with Crippen molar-refractivity contribution >= 4 is 32.6 Å². The summed E-state index contributed by atoms with van der Waals surface area (Å²) in [6.07, 6.45) is -0.155. The highest BCUT2D eigenvalue weighted by molar-refractivity contribution is 7.89. The van der Waals surface area contributed by atoms with Crippen molar-refractivity contribution in [3.05, 3.63) is 28.8 Å². The lowest BCUT2D eigenvalue weighted by Crippen LogP contribution is -2.35. The average molecular weight is 413 g/mol. The quantitative estimate of drug-likeness (QED) is 0.800. The van der Waals surface area contributed by atoms with Crippen LogP contribution in [0.4, 0.5) is 9.93 Å². The van der Waals surface area contributed by atoms with Crippen LogP contribution in [-0.2, 0) is 27.7 Å². The second-order valence-corrected chi connectivity index (χ2v) is 8.63. The van der Waals surface area contributed by atoms with Crippen LogP contribution in [-0.4, -0.2) is 51.7 Å². The number of aromatic nitrogens is 1. The van der Waals surface area contributed by atoms with Gasteiger partial charge in [-0.05, 0) is 12.1 Å². The zero-order valence-electron chi connectivity index (χ0n) is 15.0. The number of fused-ring (bicyclic) bond motifs is 1. The van der Waals surface area contributed by atoms with Gasteiger partial charge >= 0.3 is 6.09 Å². The summed E-state index contributed by atoms with van der Waals surface area (Å²) in [5.74, 6) is 0.803. The van der Waals surface area contributed by atoms with Crippen molar-refractivity contribution in [3.8, 4) is 11.5 Å². The van der Waals surface area contributed by atoms with E-state index >= 15 is 0 Å². The second-order valence-electron chi connectivity index (χ2n) is 5.61. The number of thiazole rings is 1. The number of methoxy groups -OCH3 is 3. The van der Waals surface area contributed by atoms with Gasteiger partial charge in [-0.25, -0.2) is 18.2 Å². The van der Waals surface area contributed by atoms with Crippen molar-refractivity contribution in [3.63, 3.8) is 0 Å². The van der Waals surface area contributed by atoms with Gasteiger partial charge in [0.05, 0.1) is 38.5 Å². The molecule has 1 amide bonds. The van der Waals surface area contributed by atoms with Crippen LogP contribution in [0.1, 0.15) is 10.6 Å². The minimum atomic E-state index is -3.72. The topological polar surface area (TPSA) is 107 Å². The summed E-state index contributed by atoms with van der Waals surface area (Å²) in [4.78, 5) is 16.6. The maximum Gasteiger partial charge on any atom is 0.413 e. The molecule has 0 radical (unpaired) electrons. The Hall–Kier alpha value is -2.37. The van der Waals surface area contributed by atoms with Gasteiger partial charge < -0.3 is 14.2 Å². The summed E-state index contributed by atoms with van der Waals surface area (Å²) in [5.41, 5.74) is 0.783. The predicted molar refractivity (Wildman–Crippen MR) is 99.0 cm³/mol. The first kappa shape index (κ1) is 19.4. The Kier molecular flexibility index (Phi) is 5.53. The van der Waals surface area contributed by atoms with Crippen molar-refractivity contribution < 1.29 is 27.4 Å². The first-order valence-electron chi connectivity index (χ1n) is 7.94. The Morgan fingerprint density at radius 3 is 2.63 bits per heavy atom. The largest absolute Gasteiger partial charge is 0.493 e. The maximum absolute atomic E-state index is 13.0. The molecule has 0 bridgehead atoms. The van der Waals surface area contributed by atoms with Crippen LogP contribution >= 0.6 is 11.3 Å². The lowest BCUT2D eigenvalue weighted by Gasteiger charge is -2.25. The Morgan fingerprint density at radius 1 is 1.22 bits per heavy atom. The minimum Gasteiger partial charge on any atom is -0.493 e. The number of carbonyl (C=O) groups is 1. The van der Waals surface area contributed by atoms with E-state index in [1.165, 1.54) is 49.1 Å². The van der Waals surface area contributed by atoms with Crippen molar-refractivity contribution in [1.29, 1.82) is 0 Å². The lowest BCUT2D eigenvalue weighted by atomic mass is 10.2. The van der Waals surface area contributed by atoms with Crippen molar-refractivity contribution in [2.45, 2.75) is 17.9 Å². The van der Waals surface area contributed by atoms with E-state index in [1.54, 1.807) is 6.07 Å². The predicted octanol–water partition coefficient (Wildman–Crippen LogP) is 2.09. The highest BCUT2D eigenvalue weighted by atomic mass is 32.2. The molecule has 146 valence electrons. The van der Waals surface area contributed by atoms with E-state index in [1.807, 2.05) is 0 Å². The van der Waals surface area contributed by atoms with E-state index in [2.05, 4.69) is 15.0 Å². The molecule has 2 aromatic rings. The van der Waals surface area contributed by atoms with Gasteiger partial charge in [-0.2, -0.15) is 4.31 Å². The number of amides is 1. The van der Waals surface area contributed by atoms with Gasteiger partial charge in [0.25, 0.3) is 0 Å². The van der Waals surface area contributed by atoms with E-state index in [4.69, 9.17) is 9.47 Å². The number of hydrogen-bond donors (Lipinski definition) is 1. The molecule has 3 rings (SSSR count). The molecule has 27 heavy (non-hydrogen) atoms. The number of sulfonamides is 1. The standard InChI is InChI=1S/C16H19N3O6S2/c1-23-12-5-4-10(8-13(12)24-2)27(21,22)19-7-6-11-14(9-19)26-15(17-11)18-16(20)25-3/h4-5,8H,6-7,9H2,1-3H3,(H,17,18,20). The Balaban J connectivity index is 1.84. The van der Waals surface area contributed by atoms with E-state index in [0.29, 0.717) is 29.6 Å². The third-order valence-corrected chi connectivity index (χ3v) is 6.92. The third kappa shape index (κ3) is 3.84. The van der Waals surface area contributed by atoms with Gasteiger partial charge in [-0.1, -0.05) is 11.3 Å². The summed E-state index contributed by atoms with van der Waals surface area (Å²) < 4.78 is 42.3. The SMILES string of the molecule is COC(=O)Nc1nc2c(s1)CN(S(=O)(=O)c1ccc(OC)c(OC)c1)CC2. The van der Waals surface area contributed by atoms with Crippen molar-refractivity contribution in [2.75, 3.05) is 33.2 Å². The van der Waals surface area contributed by atoms with Crippen LogP contribution in [0.25, 0.3) is 0 Å². The monoisotopic (exact) mass is 413 g/mol. The minimum absolute atomic E-state index is 0.126. The van der Waals surface area contributed by atoms with Gasteiger partial charge in [0.2, 0.25) is 10.0 Å². The Labute approximate surface area is 160 Å². The van der Waals surface area contributed by atoms with Gasteiger partial charge in [0.15, 0.2) is 16.6 Å². The number of carbonyl (C=O) groups excluding carboxylic acids is 1. The summed E-state index contributed by atoms with van der Waals surface area (Å²) in [6, 6.07) is 4.50. The van der Waals surface area contributed by atoms with Gasteiger partial charge in [0.1, 0.15) is 0 Å². The van der Waals surface area contributed by atoms with E-state index in [9.17, 15) is 13.2 Å². The molecule has 0 aliphatic carbocycles. The molecule has 2 heterocycles. The molecule has 11 heteroatoms. The van der Waals surface area contributed by atoms with Crippen LogP contribution in [0.3, 0.4) is 0 Å². The number of hydrogen-bond acceptors (Lipinski definition) is 8. The van der Waals surface area contributed by atoms with Crippen LogP contribution in [0.15, 0.2) is 23.1 Å². The third-order valence-electron chi connectivity index (χ3n) is 4.08. The highest BCUT2D eigenvalue weighted by Gasteiger charge is 2.31. The van der Waals surface area contributed by atoms with E-state index in [-0.39, 0.29) is 11.4 Å². The zero-order valence-corrected chi connectivity index (χ0v) is 16.6. The van der Waals surface area contributed by atoms with Gasteiger partial charge in [-0.15, -0.1) is 0 Å². The molecule has 1 aromatic heterocycles. The molecule has 0 saturated heterocycles. The fourth-order valence-corrected chi connectivity index (χ4v) is 5.21. The Morgan fingerprint density at radius 2 is 1.96 bits per heavy atom. The number of anilines is 1. The van der Waals surface area contributed by atoms with Gasteiger partial charge in [-0.3, -0.25) is 5.32 Å². The van der Waals surface area contributed by atoms with Crippen molar-refractivity contribution in [1.82, 2.24) is 9.29 Å². The molecule has 1 N–H and O–H groups in total. The van der Waals surface area contributed by atoms with Crippen LogP contribution in [0.5, 0.6) is 11.5 Å². The summed E-state index contributed by atoms with van der Waals surface area (Å²) >= 11 is 1.23. The number of rotatable bonds is 5. The first-order chi connectivity index (χ1) is 12.9.